The van der Waals surface area contributed by atoms with Gasteiger partial charge in [-0.1, -0.05) is 32.9 Å². The largest absolute Gasteiger partial charge is 0.494 e. The van der Waals surface area contributed by atoms with Crippen molar-refractivity contribution < 1.29 is 4.74 Å². The second-order valence-electron chi connectivity index (χ2n) is 6.81. The third-order valence-corrected chi connectivity index (χ3v) is 4.52. The second kappa shape index (κ2) is 7.60. The normalized spacial score (nSPS) is 11.1. The van der Waals surface area contributed by atoms with Crippen molar-refractivity contribution >= 4 is 0 Å². The summed E-state index contributed by atoms with van der Waals surface area (Å²) in [5, 5.41) is 0. The molecule has 0 aliphatic rings. The first kappa shape index (κ1) is 17.3. The Hall–Kier alpha value is -2.48. The highest BCUT2D eigenvalue weighted by Gasteiger charge is 2.10. The first-order valence-electron chi connectivity index (χ1n) is 9.12. The fourth-order valence-corrected chi connectivity index (χ4v) is 3.06. The van der Waals surface area contributed by atoms with Gasteiger partial charge in [0.25, 0.3) is 0 Å². The number of aryl methyl sites for hydroxylation is 1. The van der Waals surface area contributed by atoms with E-state index in [1.165, 1.54) is 28.2 Å². The van der Waals surface area contributed by atoms with E-state index in [0.29, 0.717) is 5.92 Å². The van der Waals surface area contributed by atoms with Crippen LogP contribution in [0.5, 0.6) is 5.75 Å². The Labute approximate surface area is 151 Å². The third kappa shape index (κ3) is 3.79. The number of rotatable bonds is 6. The standard InChI is InChI=1S/C23H27NO/c1-5-16-25-22-13-9-20(10-14-22)23-15-6-18(4)24(23)21-11-7-19(8-12-21)17(2)3/h6-15,17H,5,16H2,1-4H3. The smallest absolute Gasteiger partial charge is 0.119 e. The molecule has 0 aliphatic carbocycles. The van der Waals surface area contributed by atoms with Crippen molar-refractivity contribution in [2.75, 3.05) is 6.61 Å². The molecule has 0 bridgehead atoms. The molecule has 130 valence electrons. The van der Waals surface area contributed by atoms with Gasteiger partial charge in [-0.15, -0.1) is 0 Å². The number of aromatic nitrogens is 1. The van der Waals surface area contributed by atoms with E-state index in [0.717, 1.165) is 18.8 Å². The van der Waals surface area contributed by atoms with Crippen LogP contribution in [0.15, 0.2) is 60.7 Å². The molecule has 0 amide bonds. The van der Waals surface area contributed by atoms with Crippen LogP contribution in [0.1, 0.15) is 44.4 Å². The van der Waals surface area contributed by atoms with Gasteiger partial charge in [0, 0.05) is 11.4 Å². The maximum atomic E-state index is 5.69. The number of benzene rings is 2. The Kier molecular flexibility index (Phi) is 5.28. The molecule has 0 fully saturated rings. The molecule has 0 saturated heterocycles. The minimum atomic E-state index is 0.551. The van der Waals surface area contributed by atoms with E-state index in [4.69, 9.17) is 4.74 Å². The summed E-state index contributed by atoms with van der Waals surface area (Å²) >= 11 is 0. The zero-order valence-corrected chi connectivity index (χ0v) is 15.6. The topological polar surface area (TPSA) is 14.2 Å². The van der Waals surface area contributed by atoms with E-state index in [2.05, 4.69) is 92.9 Å². The summed E-state index contributed by atoms with van der Waals surface area (Å²) in [6.07, 6.45) is 1.02. The summed E-state index contributed by atoms with van der Waals surface area (Å²) < 4.78 is 8.01. The van der Waals surface area contributed by atoms with Crippen LogP contribution in [-0.4, -0.2) is 11.2 Å². The van der Waals surface area contributed by atoms with Crippen molar-refractivity contribution in [3.8, 4) is 22.7 Å². The summed E-state index contributed by atoms with van der Waals surface area (Å²) in [5.74, 6) is 1.48. The van der Waals surface area contributed by atoms with Crippen LogP contribution in [0.25, 0.3) is 16.9 Å². The number of hydrogen-bond donors (Lipinski definition) is 0. The average molecular weight is 333 g/mol. The number of hydrogen-bond acceptors (Lipinski definition) is 1. The summed E-state index contributed by atoms with van der Waals surface area (Å²) in [4.78, 5) is 0. The zero-order valence-electron chi connectivity index (χ0n) is 15.6. The molecular weight excluding hydrogens is 306 g/mol. The molecule has 2 nitrogen and oxygen atoms in total. The molecule has 1 heterocycles. The zero-order chi connectivity index (χ0) is 17.8. The Morgan fingerprint density at radius 1 is 0.880 bits per heavy atom. The summed E-state index contributed by atoms with van der Waals surface area (Å²) in [5.41, 5.74) is 6.21. The highest BCUT2D eigenvalue weighted by molar-refractivity contribution is 5.65. The van der Waals surface area contributed by atoms with Gasteiger partial charge in [0.1, 0.15) is 5.75 Å². The van der Waals surface area contributed by atoms with Gasteiger partial charge >= 0.3 is 0 Å². The number of nitrogens with zero attached hydrogens (tertiary/aromatic N) is 1. The molecule has 0 aliphatic heterocycles. The summed E-state index contributed by atoms with van der Waals surface area (Å²) in [6, 6.07) is 21.6. The molecule has 0 saturated carbocycles. The van der Waals surface area contributed by atoms with Crippen molar-refractivity contribution in [2.45, 2.75) is 40.0 Å². The van der Waals surface area contributed by atoms with Crippen molar-refractivity contribution in [1.29, 1.82) is 0 Å². The summed E-state index contributed by atoms with van der Waals surface area (Å²) in [6.45, 7) is 9.48. The first-order valence-corrected chi connectivity index (χ1v) is 9.12. The molecule has 0 radical (unpaired) electrons. The molecule has 0 spiro atoms. The van der Waals surface area contributed by atoms with E-state index >= 15 is 0 Å². The van der Waals surface area contributed by atoms with Crippen LogP contribution in [0.2, 0.25) is 0 Å². The van der Waals surface area contributed by atoms with E-state index in [1.807, 2.05) is 0 Å². The Morgan fingerprint density at radius 3 is 2.16 bits per heavy atom. The van der Waals surface area contributed by atoms with Crippen molar-refractivity contribution in [1.82, 2.24) is 4.57 Å². The van der Waals surface area contributed by atoms with Crippen LogP contribution in [0.3, 0.4) is 0 Å². The van der Waals surface area contributed by atoms with E-state index < -0.39 is 0 Å². The maximum absolute atomic E-state index is 5.69. The maximum Gasteiger partial charge on any atom is 0.119 e. The minimum absolute atomic E-state index is 0.551. The molecule has 25 heavy (non-hydrogen) atoms. The molecule has 2 heteroatoms. The van der Waals surface area contributed by atoms with Crippen LogP contribution in [-0.2, 0) is 0 Å². The van der Waals surface area contributed by atoms with Crippen LogP contribution in [0, 0.1) is 6.92 Å². The van der Waals surface area contributed by atoms with Crippen molar-refractivity contribution in [3.63, 3.8) is 0 Å². The van der Waals surface area contributed by atoms with Crippen LogP contribution in [0.4, 0.5) is 0 Å². The first-order chi connectivity index (χ1) is 12.1. The van der Waals surface area contributed by atoms with Crippen molar-refractivity contribution in [2.24, 2.45) is 0 Å². The predicted molar refractivity (Wildman–Crippen MR) is 106 cm³/mol. The van der Waals surface area contributed by atoms with Gasteiger partial charge in [0.15, 0.2) is 0 Å². The Bertz CT molecular complexity index is 810. The van der Waals surface area contributed by atoms with Gasteiger partial charge in [-0.25, -0.2) is 0 Å². The fraction of sp³-hybridized carbons (Fsp3) is 0.304. The second-order valence-corrected chi connectivity index (χ2v) is 6.81. The molecule has 2 aromatic carbocycles. The number of ether oxygens (including phenoxy) is 1. The van der Waals surface area contributed by atoms with Gasteiger partial charge in [0.05, 0.1) is 12.3 Å². The lowest BCUT2D eigenvalue weighted by Gasteiger charge is -2.14. The van der Waals surface area contributed by atoms with E-state index in [-0.39, 0.29) is 0 Å². The molecule has 0 N–H and O–H groups in total. The molecule has 0 unspecified atom stereocenters. The lowest BCUT2D eigenvalue weighted by molar-refractivity contribution is 0.317. The molecular formula is C23H27NO. The minimum Gasteiger partial charge on any atom is -0.494 e. The highest BCUT2D eigenvalue weighted by Crippen LogP contribution is 2.28. The lowest BCUT2D eigenvalue weighted by Crippen LogP contribution is -2.00. The molecule has 1 aromatic heterocycles. The lowest BCUT2D eigenvalue weighted by atomic mass is 10.0. The van der Waals surface area contributed by atoms with Crippen molar-refractivity contribution in [3.05, 3.63) is 71.9 Å². The van der Waals surface area contributed by atoms with Gasteiger partial charge in [-0.3, -0.25) is 0 Å². The van der Waals surface area contributed by atoms with Gasteiger partial charge < -0.3 is 9.30 Å². The monoisotopic (exact) mass is 333 g/mol. The van der Waals surface area contributed by atoms with Crippen LogP contribution < -0.4 is 4.74 Å². The summed E-state index contributed by atoms with van der Waals surface area (Å²) in [7, 11) is 0. The highest BCUT2D eigenvalue weighted by atomic mass is 16.5. The fourth-order valence-electron chi connectivity index (χ4n) is 3.06. The van der Waals surface area contributed by atoms with Crippen LogP contribution >= 0.6 is 0 Å². The third-order valence-electron chi connectivity index (χ3n) is 4.52. The Morgan fingerprint density at radius 2 is 1.56 bits per heavy atom. The van der Waals surface area contributed by atoms with Gasteiger partial charge in [-0.05, 0) is 78.9 Å². The van der Waals surface area contributed by atoms with Gasteiger partial charge in [0.2, 0.25) is 0 Å². The Balaban J connectivity index is 1.93. The van der Waals surface area contributed by atoms with Gasteiger partial charge in [-0.2, -0.15) is 0 Å². The molecule has 3 rings (SSSR count). The quantitative estimate of drug-likeness (QED) is 0.511. The molecule has 3 aromatic rings. The van der Waals surface area contributed by atoms with E-state index in [9.17, 15) is 0 Å². The van der Waals surface area contributed by atoms with E-state index in [1.54, 1.807) is 0 Å². The predicted octanol–water partition coefficient (Wildman–Crippen LogP) is 6.36. The SMILES string of the molecule is CCCOc1ccc(-c2ccc(C)n2-c2ccc(C(C)C)cc2)cc1. The molecule has 0 atom stereocenters. The average Bonchev–Trinajstić information content (AvgIpc) is 3.02.